The van der Waals surface area contributed by atoms with Gasteiger partial charge in [-0.25, -0.2) is 9.97 Å². The molecule has 0 N–H and O–H groups in total. The zero-order chi connectivity index (χ0) is 8.93. The van der Waals surface area contributed by atoms with Gasteiger partial charge in [-0.15, -0.1) is 11.3 Å². The summed E-state index contributed by atoms with van der Waals surface area (Å²) in [5.41, 5.74) is 0. The maximum atomic E-state index is 5.32. The third-order valence-electron chi connectivity index (χ3n) is 1.37. The monoisotopic (exact) mass is 193 g/mol. The van der Waals surface area contributed by atoms with Gasteiger partial charge >= 0.3 is 0 Å². The summed E-state index contributed by atoms with van der Waals surface area (Å²) < 4.78 is 5.32. The number of hydrogen-bond acceptors (Lipinski definition) is 5. The van der Waals surface area contributed by atoms with E-state index < -0.39 is 0 Å². The molecule has 0 saturated carbocycles. The van der Waals surface area contributed by atoms with Crippen LogP contribution in [0.15, 0.2) is 30.2 Å². The van der Waals surface area contributed by atoms with Crippen LogP contribution in [-0.2, 0) is 6.61 Å². The van der Waals surface area contributed by atoms with Crippen molar-refractivity contribution >= 4 is 11.3 Å². The first-order chi connectivity index (χ1) is 6.45. The molecule has 2 rings (SSSR count). The molecule has 2 aromatic rings. The quantitative estimate of drug-likeness (QED) is 0.741. The van der Waals surface area contributed by atoms with E-state index in [-0.39, 0.29) is 0 Å². The third-order valence-corrected chi connectivity index (χ3v) is 2.12. The Bertz CT molecular complexity index is 349. The summed E-state index contributed by atoms with van der Waals surface area (Å²) in [6.45, 7) is 0.455. The van der Waals surface area contributed by atoms with Crippen molar-refractivity contribution in [3.8, 4) is 5.88 Å². The lowest BCUT2D eigenvalue weighted by Gasteiger charge is -2.00. The molecule has 0 aromatic carbocycles. The molecule has 0 unspecified atom stereocenters. The maximum Gasteiger partial charge on any atom is 0.232 e. The summed E-state index contributed by atoms with van der Waals surface area (Å²) in [5.74, 6) is 0.526. The first-order valence-electron chi connectivity index (χ1n) is 3.72. The van der Waals surface area contributed by atoms with Crippen LogP contribution in [0.3, 0.4) is 0 Å². The Hall–Kier alpha value is -1.49. The fourth-order valence-electron chi connectivity index (χ4n) is 0.820. The zero-order valence-electron chi connectivity index (χ0n) is 6.75. The molecule has 66 valence electrons. The Morgan fingerprint density at radius 3 is 2.92 bits per heavy atom. The molecule has 0 spiro atoms. The van der Waals surface area contributed by atoms with E-state index in [1.807, 2.05) is 5.38 Å². The van der Waals surface area contributed by atoms with E-state index in [1.54, 1.807) is 36.1 Å². The number of nitrogens with zero attached hydrogens (tertiary/aromatic N) is 3. The summed E-state index contributed by atoms with van der Waals surface area (Å²) in [6.07, 6.45) is 6.53. The van der Waals surface area contributed by atoms with Crippen LogP contribution < -0.4 is 4.74 Å². The second-order valence-corrected chi connectivity index (χ2v) is 3.24. The highest BCUT2D eigenvalue weighted by Crippen LogP contribution is 2.08. The van der Waals surface area contributed by atoms with E-state index in [0.29, 0.717) is 12.5 Å². The van der Waals surface area contributed by atoms with Gasteiger partial charge in [-0.1, -0.05) is 0 Å². The van der Waals surface area contributed by atoms with Crippen LogP contribution in [0.5, 0.6) is 5.88 Å². The Labute approximate surface area is 79.3 Å². The van der Waals surface area contributed by atoms with Gasteiger partial charge in [-0.2, -0.15) is 0 Å². The Balaban J connectivity index is 1.94. The smallest absolute Gasteiger partial charge is 0.232 e. The Morgan fingerprint density at radius 2 is 2.23 bits per heavy atom. The molecule has 0 aliphatic carbocycles. The van der Waals surface area contributed by atoms with Crippen LogP contribution in [0, 0.1) is 0 Å². The fraction of sp³-hybridized carbons (Fsp3) is 0.125. The van der Waals surface area contributed by atoms with Crippen LogP contribution in [0.25, 0.3) is 0 Å². The molecule has 5 heteroatoms. The first-order valence-corrected chi connectivity index (χ1v) is 4.60. The van der Waals surface area contributed by atoms with Gasteiger partial charge in [0, 0.05) is 24.0 Å². The minimum absolute atomic E-state index is 0.455. The number of aromatic nitrogens is 3. The SMILES string of the molecule is c1cnc(OCc2nccs2)cn1. The lowest BCUT2D eigenvalue weighted by molar-refractivity contribution is 0.292. The molecule has 0 bridgehead atoms. The predicted octanol–water partition coefficient (Wildman–Crippen LogP) is 1.51. The van der Waals surface area contributed by atoms with Crippen LogP contribution in [0.1, 0.15) is 5.01 Å². The highest BCUT2D eigenvalue weighted by atomic mass is 32.1. The van der Waals surface area contributed by atoms with Gasteiger partial charge in [0.2, 0.25) is 5.88 Å². The molecule has 0 amide bonds. The molecule has 2 heterocycles. The molecular formula is C8H7N3OS. The van der Waals surface area contributed by atoms with Crippen molar-refractivity contribution in [2.24, 2.45) is 0 Å². The minimum atomic E-state index is 0.455. The van der Waals surface area contributed by atoms with Gasteiger partial charge < -0.3 is 4.74 Å². The minimum Gasteiger partial charge on any atom is -0.469 e. The molecule has 0 atom stereocenters. The Morgan fingerprint density at radius 1 is 1.23 bits per heavy atom. The van der Waals surface area contributed by atoms with Crippen molar-refractivity contribution in [3.63, 3.8) is 0 Å². The van der Waals surface area contributed by atoms with Crippen molar-refractivity contribution in [1.82, 2.24) is 15.0 Å². The summed E-state index contributed by atoms with van der Waals surface area (Å²) >= 11 is 1.56. The Kier molecular flexibility index (Phi) is 2.47. The standard InChI is InChI=1S/C8H7N3OS/c1-2-10-7(5-9-1)12-6-8-11-3-4-13-8/h1-5H,6H2. The van der Waals surface area contributed by atoms with E-state index in [9.17, 15) is 0 Å². The largest absolute Gasteiger partial charge is 0.469 e. The second-order valence-electron chi connectivity index (χ2n) is 2.26. The summed E-state index contributed by atoms with van der Waals surface area (Å²) in [4.78, 5) is 11.9. The van der Waals surface area contributed by atoms with Crippen molar-refractivity contribution < 1.29 is 4.74 Å². The van der Waals surface area contributed by atoms with Gasteiger partial charge in [-0.3, -0.25) is 4.98 Å². The van der Waals surface area contributed by atoms with Gasteiger partial charge in [0.25, 0.3) is 0 Å². The van der Waals surface area contributed by atoms with E-state index in [1.165, 1.54) is 0 Å². The normalized spacial score (nSPS) is 9.85. The maximum absolute atomic E-state index is 5.32. The van der Waals surface area contributed by atoms with Crippen molar-refractivity contribution in [3.05, 3.63) is 35.2 Å². The van der Waals surface area contributed by atoms with Crippen LogP contribution in [0.4, 0.5) is 0 Å². The van der Waals surface area contributed by atoms with Crippen molar-refractivity contribution in [2.45, 2.75) is 6.61 Å². The molecule has 2 aromatic heterocycles. The summed E-state index contributed by atoms with van der Waals surface area (Å²) in [6, 6.07) is 0. The lowest BCUT2D eigenvalue weighted by Crippen LogP contribution is -1.96. The number of hydrogen-bond donors (Lipinski definition) is 0. The van der Waals surface area contributed by atoms with Crippen molar-refractivity contribution in [2.75, 3.05) is 0 Å². The molecule has 0 saturated heterocycles. The van der Waals surface area contributed by atoms with Gasteiger partial charge in [-0.05, 0) is 0 Å². The zero-order valence-corrected chi connectivity index (χ0v) is 7.57. The number of thiazole rings is 1. The first kappa shape index (κ1) is 8.12. The van der Waals surface area contributed by atoms with Crippen LogP contribution >= 0.6 is 11.3 Å². The predicted molar refractivity (Wildman–Crippen MR) is 48.5 cm³/mol. The van der Waals surface area contributed by atoms with E-state index >= 15 is 0 Å². The van der Waals surface area contributed by atoms with Crippen molar-refractivity contribution in [1.29, 1.82) is 0 Å². The summed E-state index contributed by atoms with van der Waals surface area (Å²) in [5, 5.41) is 2.85. The lowest BCUT2D eigenvalue weighted by atomic mass is 10.7. The molecule has 13 heavy (non-hydrogen) atoms. The third kappa shape index (κ3) is 2.22. The topological polar surface area (TPSA) is 47.9 Å². The van der Waals surface area contributed by atoms with E-state index in [0.717, 1.165) is 5.01 Å². The second kappa shape index (κ2) is 3.95. The van der Waals surface area contributed by atoms with E-state index in [2.05, 4.69) is 15.0 Å². The molecular weight excluding hydrogens is 186 g/mol. The van der Waals surface area contributed by atoms with Gasteiger partial charge in [0.05, 0.1) is 6.20 Å². The molecule has 0 aliphatic heterocycles. The number of rotatable bonds is 3. The van der Waals surface area contributed by atoms with Gasteiger partial charge in [0.1, 0.15) is 11.6 Å². The molecule has 0 fully saturated rings. The highest BCUT2D eigenvalue weighted by molar-refractivity contribution is 7.09. The fourth-order valence-corrected chi connectivity index (χ4v) is 1.35. The van der Waals surface area contributed by atoms with Crippen LogP contribution in [-0.4, -0.2) is 15.0 Å². The molecule has 4 nitrogen and oxygen atoms in total. The van der Waals surface area contributed by atoms with E-state index in [4.69, 9.17) is 4.74 Å². The summed E-state index contributed by atoms with van der Waals surface area (Å²) in [7, 11) is 0. The average molecular weight is 193 g/mol. The number of ether oxygens (including phenoxy) is 1. The average Bonchev–Trinajstić information content (AvgIpc) is 2.69. The molecule has 0 aliphatic rings. The highest BCUT2D eigenvalue weighted by Gasteiger charge is 1.97. The van der Waals surface area contributed by atoms with Gasteiger partial charge in [0.15, 0.2) is 0 Å². The van der Waals surface area contributed by atoms with Crippen LogP contribution in [0.2, 0.25) is 0 Å². The molecule has 0 radical (unpaired) electrons.